The van der Waals surface area contributed by atoms with Crippen molar-refractivity contribution in [2.24, 2.45) is 11.0 Å². The average molecular weight is 165 g/mol. The van der Waals surface area contributed by atoms with Crippen molar-refractivity contribution in [3.8, 4) is 0 Å². The third-order valence-corrected chi connectivity index (χ3v) is 2.15. The van der Waals surface area contributed by atoms with Gasteiger partial charge < -0.3 is 0 Å². The molecular formula is C9H10FN2+. The normalized spacial score (nSPS) is 27.1. The summed E-state index contributed by atoms with van der Waals surface area (Å²) in [6, 6.07) is 0. The lowest BCUT2D eigenvalue weighted by atomic mass is 9.92. The van der Waals surface area contributed by atoms with Crippen molar-refractivity contribution >= 4 is 11.9 Å². The first-order valence-electron chi connectivity index (χ1n) is 3.89. The minimum Gasteiger partial charge on any atom is -0.205 e. The van der Waals surface area contributed by atoms with Crippen LogP contribution >= 0.6 is 0 Å². The van der Waals surface area contributed by atoms with E-state index in [1.54, 1.807) is 10.8 Å². The fourth-order valence-corrected chi connectivity index (χ4v) is 1.48. The summed E-state index contributed by atoms with van der Waals surface area (Å²) in [5, 5.41) is 4.05. The first kappa shape index (κ1) is 7.40. The lowest BCUT2D eigenvalue weighted by Crippen LogP contribution is -2.17. The second-order valence-corrected chi connectivity index (χ2v) is 3.11. The SMILES string of the molecule is CC1=CC=C(F)C2=N[N+](C)=CC12. The number of allylic oxidation sites excluding steroid dienone is 4. The van der Waals surface area contributed by atoms with Gasteiger partial charge in [0, 0.05) is 0 Å². The molecule has 3 heteroatoms. The molecule has 0 bridgehead atoms. The van der Waals surface area contributed by atoms with Crippen LogP contribution in [0.3, 0.4) is 0 Å². The van der Waals surface area contributed by atoms with Gasteiger partial charge in [-0.2, -0.15) is 0 Å². The summed E-state index contributed by atoms with van der Waals surface area (Å²) in [7, 11) is 1.81. The highest BCUT2D eigenvalue weighted by Gasteiger charge is 2.32. The van der Waals surface area contributed by atoms with E-state index in [1.807, 2.05) is 20.2 Å². The summed E-state index contributed by atoms with van der Waals surface area (Å²) in [5.41, 5.74) is 1.68. The second-order valence-electron chi connectivity index (χ2n) is 3.11. The number of rotatable bonds is 0. The second kappa shape index (κ2) is 2.37. The van der Waals surface area contributed by atoms with Gasteiger partial charge in [-0.05, 0) is 18.1 Å². The molecule has 1 unspecified atom stereocenters. The van der Waals surface area contributed by atoms with Crippen LogP contribution in [0.1, 0.15) is 6.92 Å². The largest absolute Gasteiger partial charge is 0.205 e. The highest BCUT2D eigenvalue weighted by Crippen LogP contribution is 2.24. The number of hydrogen-bond donors (Lipinski definition) is 0. The van der Waals surface area contributed by atoms with E-state index in [0.717, 1.165) is 5.57 Å². The van der Waals surface area contributed by atoms with Crippen molar-refractivity contribution in [2.75, 3.05) is 7.05 Å². The van der Waals surface area contributed by atoms with E-state index in [0.29, 0.717) is 5.71 Å². The molecule has 0 fully saturated rings. The minimum absolute atomic E-state index is 0.0556. The zero-order valence-electron chi connectivity index (χ0n) is 7.08. The smallest absolute Gasteiger partial charge is 0.186 e. The van der Waals surface area contributed by atoms with E-state index in [2.05, 4.69) is 5.10 Å². The maximum Gasteiger partial charge on any atom is 0.186 e. The summed E-state index contributed by atoms with van der Waals surface area (Å²) < 4.78 is 14.8. The molecule has 1 aliphatic carbocycles. The lowest BCUT2D eigenvalue weighted by Gasteiger charge is -2.09. The monoisotopic (exact) mass is 165 g/mol. The quantitative estimate of drug-likeness (QED) is 0.483. The Morgan fingerprint density at radius 2 is 2.25 bits per heavy atom. The summed E-state index contributed by atoms with van der Waals surface area (Å²) in [6.45, 7) is 1.98. The number of nitrogens with zero attached hydrogens (tertiary/aromatic N) is 2. The van der Waals surface area contributed by atoms with Gasteiger partial charge in [-0.15, -0.1) is 0 Å². The van der Waals surface area contributed by atoms with Crippen LogP contribution in [0.15, 0.2) is 28.7 Å². The maximum absolute atomic E-state index is 13.1. The van der Waals surface area contributed by atoms with Crippen molar-refractivity contribution in [3.05, 3.63) is 23.6 Å². The molecule has 2 aliphatic rings. The van der Waals surface area contributed by atoms with Gasteiger partial charge in [0.1, 0.15) is 5.92 Å². The Hall–Kier alpha value is -1.25. The van der Waals surface area contributed by atoms with Crippen LogP contribution in [0, 0.1) is 5.92 Å². The van der Waals surface area contributed by atoms with Gasteiger partial charge in [-0.25, -0.2) is 4.39 Å². The van der Waals surface area contributed by atoms with Gasteiger partial charge in [0.2, 0.25) is 0 Å². The number of halogens is 1. The van der Waals surface area contributed by atoms with Crippen LogP contribution in [0.5, 0.6) is 0 Å². The maximum atomic E-state index is 13.1. The first-order valence-corrected chi connectivity index (χ1v) is 3.89. The molecule has 0 aromatic heterocycles. The number of hydrogen-bond acceptors (Lipinski definition) is 1. The van der Waals surface area contributed by atoms with E-state index < -0.39 is 0 Å². The number of hydrazone groups is 1. The molecule has 1 heterocycles. The molecule has 2 nitrogen and oxygen atoms in total. The van der Waals surface area contributed by atoms with Crippen LogP contribution in [0.2, 0.25) is 0 Å². The summed E-state index contributed by atoms with van der Waals surface area (Å²) in [5.74, 6) is -0.161. The van der Waals surface area contributed by atoms with Crippen molar-refractivity contribution < 1.29 is 9.07 Å². The number of fused-ring (bicyclic) bond motifs is 1. The van der Waals surface area contributed by atoms with Gasteiger partial charge in [0.05, 0.1) is 0 Å². The Balaban J connectivity index is 2.49. The molecule has 0 spiro atoms. The molecule has 0 N–H and O–H groups in total. The van der Waals surface area contributed by atoms with Crippen LogP contribution < -0.4 is 0 Å². The molecule has 1 atom stereocenters. The molecule has 0 radical (unpaired) electrons. The molecule has 62 valence electrons. The van der Waals surface area contributed by atoms with E-state index in [9.17, 15) is 4.39 Å². The Morgan fingerprint density at radius 1 is 1.50 bits per heavy atom. The van der Waals surface area contributed by atoms with Gasteiger partial charge in [0.25, 0.3) is 0 Å². The van der Waals surface area contributed by atoms with E-state index in [1.165, 1.54) is 6.08 Å². The van der Waals surface area contributed by atoms with Crippen LogP contribution in [0.4, 0.5) is 4.39 Å². The van der Waals surface area contributed by atoms with Gasteiger partial charge >= 0.3 is 0 Å². The predicted octanol–water partition coefficient (Wildman–Crippen LogP) is 1.50. The third kappa shape index (κ3) is 0.932. The topological polar surface area (TPSA) is 15.4 Å². The van der Waals surface area contributed by atoms with Crippen molar-refractivity contribution in [1.29, 1.82) is 0 Å². The molecule has 0 amide bonds. The zero-order valence-corrected chi connectivity index (χ0v) is 7.08. The Morgan fingerprint density at radius 3 is 2.92 bits per heavy atom. The molecule has 12 heavy (non-hydrogen) atoms. The highest BCUT2D eigenvalue weighted by molar-refractivity contribution is 6.11. The molecule has 0 aromatic carbocycles. The van der Waals surface area contributed by atoms with E-state index >= 15 is 0 Å². The summed E-state index contributed by atoms with van der Waals surface area (Å²) >= 11 is 0. The standard InChI is InChI=1S/C9H10FN2/c1-6-3-4-8(10)9-7(6)5-12(2)11-9/h3-5,7H,1-2H3/q+1. The molecule has 0 aromatic rings. The first-order chi connectivity index (χ1) is 5.68. The molecule has 1 aliphatic heterocycles. The van der Waals surface area contributed by atoms with Crippen molar-refractivity contribution in [1.82, 2.24) is 0 Å². The lowest BCUT2D eigenvalue weighted by molar-refractivity contribution is -0.495. The zero-order chi connectivity index (χ0) is 8.72. The van der Waals surface area contributed by atoms with Crippen molar-refractivity contribution in [3.63, 3.8) is 0 Å². The highest BCUT2D eigenvalue weighted by atomic mass is 19.1. The van der Waals surface area contributed by atoms with E-state index in [4.69, 9.17) is 0 Å². The fourth-order valence-electron chi connectivity index (χ4n) is 1.48. The fraction of sp³-hybridized carbons (Fsp3) is 0.333. The predicted molar refractivity (Wildman–Crippen MR) is 46.1 cm³/mol. The third-order valence-electron chi connectivity index (χ3n) is 2.15. The summed E-state index contributed by atoms with van der Waals surface area (Å²) in [6.07, 6.45) is 5.18. The molecule has 0 saturated carbocycles. The van der Waals surface area contributed by atoms with Gasteiger partial charge in [-0.3, -0.25) is 0 Å². The Labute approximate surface area is 70.4 Å². The minimum atomic E-state index is -0.216. The van der Waals surface area contributed by atoms with Crippen LogP contribution in [-0.4, -0.2) is 23.7 Å². The summed E-state index contributed by atoms with van der Waals surface area (Å²) in [4.78, 5) is 0. The van der Waals surface area contributed by atoms with E-state index in [-0.39, 0.29) is 11.7 Å². The molecule has 2 rings (SSSR count). The van der Waals surface area contributed by atoms with Crippen molar-refractivity contribution in [2.45, 2.75) is 6.92 Å². The van der Waals surface area contributed by atoms with Gasteiger partial charge in [-0.1, -0.05) is 16.3 Å². The van der Waals surface area contributed by atoms with Gasteiger partial charge in [0.15, 0.2) is 24.8 Å². The molecule has 0 saturated heterocycles. The molecular weight excluding hydrogens is 155 g/mol. The average Bonchev–Trinajstić information content (AvgIpc) is 2.41. The Bertz CT molecular complexity index is 348. The van der Waals surface area contributed by atoms with Crippen LogP contribution in [0.25, 0.3) is 0 Å². The Kier molecular flexibility index (Phi) is 1.46. The van der Waals surface area contributed by atoms with Crippen LogP contribution in [-0.2, 0) is 0 Å².